The van der Waals surface area contributed by atoms with Crippen LogP contribution >= 0.6 is 0 Å². The summed E-state index contributed by atoms with van der Waals surface area (Å²) in [6.07, 6.45) is 6.75. The van der Waals surface area contributed by atoms with Crippen LogP contribution in [0.5, 0.6) is 0 Å². The van der Waals surface area contributed by atoms with Crippen molar-refractivity contribution < 1.29 is 0 Å². The minimum absolute atomic E-state index is 0.443. The second-order valence-corrected chi connectivity index (χ2v) is 7.04. The van der Waals surface area contributed by atoms with Crippen molar-refractivity contribution in [2.24, 2.45) is 0 Å². The summed E-state index contributed by atoms with van der Waals surface area (Å²) in [6.45, 7) is 6.11. The molecule has 0 aromatic carbocycles. The maximum atomic E-state index is 4.81. The number of piperidine rings is 1. The van der Waals surface area contributed by atoms with E-state index in [0.29, 0.717) is 12.0 Å². The predicted molar refractivity (Wildman–Crippen MR) is 109 cm³/mol. The van der Waals surface area contributed by atoms with Gasteiger partial charge >= 0.3 is 0 Å². The van der Waals surface area contributed by atoms with Crippen LogP contribution in [0.25, 0.3) is 17.0 Å². The predicted octanol–water partition coefficient (Wildman–Crippen LogP) is 3.86. The molecule has 6 heteroatoms. The van der Waals surface area contributed by atoms with E-state index in [4.69, 9.17) is 10.1 Å². The molecule has 3 aromatic heterocycles. The number of fused-ring (bicyclic) bond motifs is 1. The second kappa shape index (κ2) is 8.05. The fourth-order valence-electron chi connectivity index (χ4n) is 3.50. The molecule has 0 spiro atoms. The molecule has 2 fully saturated rings. The molecule has 4 heterocycles. The molecule has 1 saturated heterocycles. The highest BCUT2D eigenvalue weighted by molar-refractivity contribution is 5.61. The standard InChI is InChI=1S/C19H22N6.C2H6/c1-4-16(23-18(5-1)22-14-3-2-10-20-11-14)17-12-21-19-9-8-15(13-6-7-13)24-25(17)19;1-2/h1,4-5,8-9,12-14,20H,2-3,6-7,10-11H2,(H,22,23);1-2H3. The molecule has 2 aliphatic rings. The minimum Gasteiger partial charge on any atom is -0.366 e. The first-order chi connectivity index (χ1) is 13.4. The number of rotatable bonds is 4. The molecular weight excluding hydrogens is 336 g/mol. The molecule has 1 atom stereocenters. The summed E-state index contributed by atoms with van der Waals surface area (Å²) in [5, 5.41) is 11.8. The SMILES string of the molecule is CC.c1cc(NC2CCCNC2)nc(-c2cnc3ccc(C4CC4)nn23)c1. The molecular formula is C21H28N6. The van der Waals surface area contributed by atoms with Crippen LogP contribution < -0.4 is 10.6 Å². The molecule has 1 unspecified atom stereocenters. The van der Waals surface area contributed by atoms with Gasteiger partial charge < -0.3 is 10.6 Å². The van der Waals surface area contributed by atoms with Crippen LogP contribution in [0, 0.1) is 0 Å². The first-order valence-electron chi connectivity index (χ1n) is 10.2. The Hall–Kier alpha value is -2.47. The van der Waals surface area contributed by atoms with E-state index in [-0.39, 0.29) is 0 Å². The van der Waals surface area contributed by atoms with Crippen molar-refractivity contribution in [3.8, 4) is 11.4 Å². The Morgan fingerprint density at radius 3 is 2.78 bits per heavy atom. The summed E-state index contributed by atoms with van der Waals surface area (Å²) < 4.78 is 1.93. The number of pyridine rings is 1. The van der Waals surface area contributed by atoms with Gasteiger partial charge in [0.15, 0.2) is 5.65 Å². The van der Waals surface area contributed by atoms with Gasteiger partial charge in [-0.15, -0.1) is 0 Å². The first-order valence-corrected chi connectivity index (χ1v) is 10.2. The quantitative estimate of drug-likeness (QED) is 0.736. The van der Waals surface area contributed by atoms with Crippen LogP contribution in [-0.2, 0) is 0 Å². The van der Waals surface area contributed by atoms with Crippen molar-refractivity contribution in [3.05, 3.63) is 42.2 Å². The molecule has 6 nitrogen and oxygen atoms in total. The lowest BCUT2D eigenvalue weighted by Gasteiger charge is -2.24. The van der Waals surface area contributed by atoms with Crippen LogP contribution in [0.4, 0.5) is 5.82 Å². The summed E-state index contributed by atoms with van der Waals surface area (Å²) in [6, 6.07) is 10.7. The van der Waals surface area contributed by atoms with Crippen LogP contribution in [0.1, 0.15) is 51.1 Å². The minimum atomic E-state index is 0.443. The van der Waals surface area contributed by atoms with Crippen LogP contribution in [0.15, 0.2) is 36.5 Å². The highest BCUT2D eigenvalue weighted by Crippen LogP contribution is 2.39. The third-order valence-corrected chi connectivity index (χ3v) is 5.04. The average Bonchev–Trinajstić information content (AvgIpc) is 3.49. The zero-order valence-corrected chi connectivity index (χ0v) is 16.2. The monoisotopic (exact) mass is 364 g/mol. The Morgan fingerprint density at radius 1 is 1.11 bits per heavy atom. The fraction of sp³-hybridized carbons (Fsp3) is 0.476. The summed E-state index contributed by atoms with van der Waals surface area (Å²) in [4.78, 5) is 9.30. The van der Waals surface area contributed by atoms with E-state index in [9.17, 15) is 0 Å². The van der Waals surface area contributed by atoms with E-state index in [1.807, 2.05) is 42.8 Å². The van der Waals surface area contributed by atoms with Crippen molar-refractivity contribution in [1.29, 1.82) is 0 Å². The van der Waals surface area contributed by atoms with Gasteiger partial charge in [0, 0.05) is 18.5 Å². The van der Waals surface area contributed by atoms with E-state index >= 15 is 0 Å². The van der Waals surface area contributed by atoms with Gasteiger partial charge in [-0.1, -0.05) is 19.9 Å². The van der Waals surface area contributed by atoms with Gasteiger partial charge in [-0.25, -0.2) is 14.5 Å². The molecule has 142 valence electrons. The van der Waals surface area contributed by atoms with E-state index < -0.39 is 0 Å². The van der Waals surface area contributed by atoms with Crippen molar-refractivity contribution >= 4 is 11.5 Å². The molecule has 1 aliphatic heterocycles. The van der Waals surface area contributed by atoms with Crippen molar-refractivity contribution in [3.63, 3.8) is 0 Å². The Morgan fingerprint density at radius 2 is 2.00 bits per heavy atom. The van der Waals surface area contributed by atoms with Gasteiger partial charge in [0.05, 0.1) is 17.6 Å². The summed E-state index contributed by atoms with van der Waals surface area (Å²) in [5.41, 5.74) is 3.88. The Kier molecular flexibility index (Phi) is 5.34. The summed E-state index contributed by atoms with van der Waals surface area (Å²) in [5.74, 6) is 1.54. The number of hydrogen-bond donors (Lipinski definition) is 2. The van der Waals surface area contributed by atoms with Gasteiger partial charge in [-0.05, 0) is 56.5 Å². The topological polar surface area (TPSA) is 67.1 Å². The fourth-order valence-corrected chi connectivity index (χ4v) is 3.50. The molecule has 1 saturated carbocycles. The summed E-state index contributed by atoms with van der Waals surface area (Å²) >= 11 is 0. The van der Waals surface area contributed by atoms with Crippen LogP contribution in [0.2, 0.25) is 0 Å². The summed E-state index contributed by atoms with van der Waals surface area (Å²) in [7, 11) is 0. The third-order valence-electron chi connectivity index (χ3n) is 5.04. The molecule has 1 aliphatic carbocycles. The lowest BCUT2D eigenvalue weighted by molar-refractivity contribution is 0.479. The van der Waals surface area contributed by atoms with Gasteiger partial charge in [-0.2, -0.15) is 5.10 Å². The van der Waals surface area contributed by atoms with Crippen LogP contribution in [0.3, 0.4) is 0 Å². The normalized spacial score (nSPS) is 19.4. The number of imidazole rings is 1. The Balaban J connectivity index is 0.000000872. The van der Waals surface area contributed by atoms with E-state index in [0.717, 1.165) is 41.6 Å². The molecule has 0 amide bonds. The average molecular weight is 364 g/mol. The van der Waals surface area contributed by atoms with E-state index in [2.05, 4.69) is 27.8 Å². The van der Waals surface area contributed by atoms with Crippen LogP contribution in [-0.4, -0.2) is 38.7 Å². The molecule has 5 rings (SSSR count). The van der Waals surface area contributed by atoms with Crippen molar-refractivity contribution in [1.82, 2.24) is 24.9 Å². The number of anilines is 1. The molecule has 0 radical (unpaired) electrons. The van der Waals surface area contributed by atoms with Gasteiger partial charge in [-0.3, -0.25) is 0 Å². The first kappa shape index (κ1) is 17.9. The number of nitrogens with zero attached hydrogens (tertiary/aromatic N) is 4. The third kappa shape index (κ3) is 3.95. The Bertz CT molecular complexity index is 893. The van der Waals surface area contributed by atoms with E-state index in [1.54, 1.807) is 0 Å². The lowest BCUT2D eigenvalue weighted by atomic mass is 10.1. The van der Waals surface area contributed by atoms with Crippen molar-refractivity contribution in [2.45, 2.75) is 51.5 Å². The Labute approximate surface area is 160 Å². The molecule has 27 heavy (non-hydrogen) atoms. The molecule has 2 N–H and O–H groups in total. The largest absolute Gasteiger partial charge is 0.366 e. The number of aromatic nitrogens is 4. The smallest absolute Gasteiger partial charge is 0.154 e. The molecule has 0 bridgehead atoms. The van der Waals surface area contributed by atoms with E-state index in [1.165, 1.54) is 25.7 Å². The highest BCUT2D eigenvalue weighted by atomic mass is 15.3. The van der Waals surface area contributed by atoms with Crippen molar-refractivity contribution in [2.75, 3.05) is 18.4 Å². The van der Waals surface area contributed by atoms with Gasteiger partial charge in [0.1, 0.15) is 11.5 Å². The highest BCUT2D eigenvalue weighted by Gasteiger charge is 2.25. The lowest BCUT2D eigenvalue weighted by Crippen LogP contribution is -2.38. The zero-order valence-electron chi connectivity index (χ0n) is 16.2. The van der Waals surface area contributed by atoms with Gasteiger partial charge in [0.2, 0.25) is 0 Å². The number of nitrogens with one attached hydrogen (secondary N) is 2. The molecule has 3 aromatic rings. The van der Waals surface area contributed by atoms with Gasteiger partial charge in [0.25, 0.3) is 0 Å². The maximum Gasteiger partial charge on any atom is 0.154 e. The second-order valence-electron chi connectivity index (χ2n) is 7.04. The number of hydrogen-bond acceptors (Lipinski definition) is 5. The maximum absolute atomic E-state index is 4.81. The zero-order chi connectivity index (χ0) is 18.6.